The molecular weight excluding hydrogens is 222 g/mol. The molecule has 0 saturated carbocycles. The Morgan fingerprint density at radius 2 is 2.31 bits per heavy atom. The van der Waals surface area contributed by atoms with E-state index in [0.717, 1.165) is 44.0 Å². The largest absolute Gasteiger partial charge is 0.369 e. The Bertz CT molecular complexity index is 371. The molecule has 16 heavy (non-hydrogen) atoms. The molecule has 1 N–H and O–H groups in total. The summed E-state index contributed by atoms with van der Waals surface area (Å²) in [5, 5.41) is 4.08. The van der Waals surface area contributed by atoms with Crippen molar-refractivity contribution in [3.05, 3.63) is 29.6 Å². The highest BCUT2D eigenvalue weighted by atomic mass is 35.5. The highest BCUT2D eigenvalue weighted by Crippen LogP contribution is 2.28. The summed E-state index contributed by atoms with van der Waals surface area (Å²) in [4.78, 5) is 6.49. The van der Waals surface area contributed by atoms with E-state index in [-0.39, 0.29) is 0 Å². The van der Waals surface area contributed by atoms with Gasteiger partial charge in [0.2, 0.25) is 0 Å². The standard InChI is InChI=1S/C12H16ClN3/c1-2-10-12(13)11(4-6-15-10)16-8-3-5-14-7-9-16/h2,4,6,14H,1,3,5,7-9H2. The summed E-state index contributed by atoms with van der Waals surface area (Å²) in [5.41, 5.74) is 1.83. The molecular formula is C12H16ClN3. The average molecular weight is 238 g/mol. The molecule has 86 valence electrons. The summed E-state index contributed by atoms with van der Waals surface area (Å²) in [7, 11) is 0. The molecule has 1 aliphatic rings. The highest BCUT2D eigenvalue weighted by Gasteiger charge is 2.14. The van der Waals surface area contributed by atoms with Gasteiger partial charge in [-0.05, 0) is 25.1 Å². The number of anilines is 1. The van der Waals surface area contributed by atoms with Gasteiger partial charge < -0.3 is 10.2 Å². The molecule has 1 aromatic rings. The van der Waals surface area contributed by atoms with Gasteiger partial charge in [0.15, 0.2) is 0 Å². The monoisotopic (exact) mass is 237 g/mol. The first kappa shape index (κ1) is 11.4. The number of aromatic nitrogens is 1. The minimum absolute atomic E-state index is 0.708. The van der Waals surface area contributed by atoms with E-state index in [0.29, 0.717) is 5.02 Å². The Kier molecular flexibility index (Phi) is 3.80. The topological polar surface area (TPSA) is 28.2 Å². The lowest BCUT2D eigenvalue weighted by Crippen LogP contribution is -2.28. The molecule has 1 fully saturated rings. The van der Waals surface area contributed by atoms with Crippen LogP contribution in [0, 0.1) is 0 Å². The molecule has 3 nitrogen and oxygen atoms in total. The van der Waals surface area contributed by atoms with Crippen LogP contribution in [-0.2, 0) is 0 Å². The van der Waals surface area contributed by atoms with Gasteiger partial charge in [-0.2, -0.15) is 0 Å². The Morgan fingerprint density at radius 1 is 1.44 bits per heavy atom. The fourth-order valence-corrected chi connectivity index (χ4v) is 2.23. The van der Waals surface area contributed by atoms with E-state index in [1.165, 1.54) is 0 Å². The summed E-state index contributed by atoms with van der Waals surface area (Å²) in [6, 6.07) is 1.97. The minimum Gasteiger partial charge on any atom is -0.369 e. The van der Waals surface area contributed by atoms with Crippen molar-refractivity contribution in [2.75, 3.05) is 31.1 Å². The summed E-state index contributed by atoms with van der Waals surface area (Å²) >= 11 is 6.30. The number of halogens is 1. The molecule has 1 saturated heterocycles. The molecule has 0 amide bonds. The van der Waals surface area contributed by atoms with E-state index < -0.39 is 0 Å². The molecule has 2 rings (SSSR count). The second-order valence-corrected chi connectivity index (χ2v) is 4.20. The van der Waals surface area contributed by atoms with Crippen molar-refractivity contribution in [2.24, 2.45) is 0 Å². The van der Waals surface area contributed by atoms with Crippen LogP contribution in [0.3, 0.4) is 0 Å². The SMILES string of the molecule is C=Cc1nccc(N2CCCNCC2)c1Cl. The maximum atomic E-state index is 6.30. The van der Waals surface area contributed by atoms with Gasteiger partial charge in [0.25, 0.3) is 0 Å². The van der Waals surface area contributed by atoms with Gasteiger partial charge in [-0.1, -0.05) is 18.2 Å². The summed E-state index contributed by atoms with van der Waals surface area (Å²) in [5.74, 6) is 0. The number of hydrogen-bond acceptors (Lipinski definition) is 3. The van der Waals surface area contributed by atoms with Crippen LogP contribution >= 0.6 is 11.6 Å². The molecule has 0 unspecified atom stereocenters. The first-order valence-electron chi connectivity index (χ1n) is 5.55. The van der Waals surface area contributed by atoms with E-state index in [4.69, 9.17) is 11.6 Å². The van der Waals surface area contributed by atoms with Gasteiger partial charge in [0.1, 0.15) is 0 Å². The summed E-state index contributed by atoms with van der Waals surface area (Å²) in [6.45, 7) is 7.82. The Balaban J connectivity index is 2.27. The highest BCUT2D eigenvalue weighted by molar-refractivity contribution is 6.34. The second-order valence-electron chi connectivity index (χ2n) is 3.82. The summed E-state index contributed by atoms with van der Waals surface area (Å²) in [6.07, 6.45) is 4.63. The van der Waals surface area contributed by atoms with Crippen LogP contribution < -0.4 is 10.2 Å². The van der Waals surface area contributed by atoms with Gasteiger partial charge in [-0.25, -0.2) is 0 Å². The lowest BCUT2D eigenvalue weighted by Gasteiger charge is -2.23. The number of nitrogens with zero attached hydrogens (tertiary/aromatic N) is 2. The Morgan fingerprint density at radius 3 is 3.12 bits per heavy atom. The number of rotatable bonds is 2. The van der Waals surface area contributed by atoms with Crippen molar-refractivity contribution in [3.63, 3.8) is 0 Å². The molecule has 4 heteroatoms. The van der Waals surface area contributed by atoms with Crippen LogP contribution in [0.25, 0.3) is 6.08 Å². The molecule has 0 radical (unpaired) electrons. The van der Waals surface area contributed by atoms with Gasteiger partial charge in [0.05, 0.1) is 16.4 Å². The lowest BCUT2D eigenvalue weighted by atomic mass is 10.2. The maximum Gasteiger partial charge on any atom is 0.0896 e. The molecule has 1 aliphatic heterocycles. The second kappa shape index (κ2) is 5.32. The van der Waals surface area contributed by atoms with Crippen molar-refractivity contribution in [1.82, 2.24) is 10.3 Å². The zero-order valence-electron chi connectivity index (χ0n) is 9.25. The Hall–Kier alpha value is -1.06. The van der Waals surface area contributed by atoms with Crippen molar-refractivity contribution >= 4 is 23.4 Å². The third-order valence-corrected chi connectivity index (χ3v) is 3.16. The van der Waals surface area contributed by atoms with Crippen LogP contribution in [0.15, 0.2) is 18.8 Å². The van der Waals surface area contributed by atoms with Crippen LogP contribution in [0.4, 0.5) is 5.69 Å². The van der Waals surface area contributed by atoms with Gasteiger partial charge in [-0.15, -0.1) is 0 Å². The van der Waals surface area contributed by atoms with Gasteiger partial charge >= 0.3 is 0 Å². The van der Waals surface area contributed by atoms with Crippen molar-refractivity contribution in [1.29, 1.82) is 0 Å². The minimum atomic E-state index is 0.708. The number of nitrogens with one attached hydrogen (secondary N) is 1. The number of hydrogen-bond donors (Lipinski definition) is 1. The van der Waals surface area contributed by atoms with Crippen molar-refractivity contribution in [3.8, 4) is 0 Å². The average Bonchev–Trinajstić information content (AvgIpc) is 2.58. The zero-order valence-corrected chi connectivity index (χ0v) is 10.0. The third-order valence-electron chi connectivity index (χ3n) is 2.77. The molecule has 2 heterocycles. The number of pyridine rings is 1. The van der Waals surface area contributed by atoms with Crippen LogP contribution in [-0.4, -0.2) is 31.2 Å². The van der Waals surface area contributed by atoms with Gasteiger partial charge in [0, 0.05) is 25.8 Å². The fourth-order valence-electron chi connectivity index (χ4n) is 1.92. The molecule has 0 bridgehead atoms. The van der Waals surface area contributed by atoms with Crippen LogP contribution in [0.5, 0.6) is 0 Å². The van der Waals surface area contributed by atoms with Crippen LogP contribution in [0.2, 0.25) is 5.02 Å². The van der Waals surface area contributed by atoms with E-state index in [2.05, 4.69) is 21.8 Å². The van der Waals surface area contributed by atoms with Crippen LogP contribution in [0.1, 0.15) is 12.1 Å². The predicted molar refractivity (Wildman–Crippen MR) is 69.0 cm³/mol. The molecule has 0 spiro atoms. The summed E-state index contributed by atoms with van der Waals surface area (Å²) < 4.78 is 0. The molecule has 0 aliphatic carbocycles. The lowest BCUT2D eigenvalue weighted by molar-refractivity contribution is 0.724. The normalized spacial score (nSPS) is 16.9. The zero-order chi connectivity index (χ0) is 11.4. The van der Waals surface area contributed by atoms with E-state index >= 15 is 0 Å². The first-order chi connectivity index (χ1) is 7.83. The molecule has 1 aromatic heterocycles. The molecule has 0 aromatic carbocycles. The van der Waals surface area contributed by atoms with Crippen molar-refractivity contribution < 1.29 is 0 Å². The van der Waals surface area contributed by atoms with E-state index in [1.54, 1.807) is 12.3 Å². The maximum absolute atomic E-state index is 6.30. The van der Waals surface area contributed by atoms with Crippen molar-refractivity contribution in [2.45, 2.75) is 6.42 Å². The van der Waals surface area contributed by atoms with Gasteiger partial charge in [-0.3, -0.25) is 4.98 Å². The quantitative estimate of drug-likeness (QED) is 0.855. The smallest absolute Gasteiger partial charge is 0.0896 e. The van der Waals surface area contributed by atoms with E-state index in [1.807, 2.05) is 6.07 Å². The van der Waals surface area contributed by atoms with E-state index in [9.17, 15) is 0 Å². The first-order valence-corrected chi connectivity index (χ1v) is 5.93. The fraction of sp³-hybridized carbons (Fsp3) is 0.417. The third kappa shape index (κ3) is 2.36. The predicted octanol–water partition coefficient (Wildman–Crippen LogP) is 2.18. The Labute approximate surface area is 101 Å². The molecule has 0 atom stereocenters.